The van der Waals surface area contributed by atoms with Gasteiger partial charge in [0.1, 0.15) is 5.75 Å². The molecule has 0 aliphatic rings. The Morgan fingerprint density at radius 3 is 2.39 bits per heavy atom. The molecule has 0 amide bonds. The third-order valence-corrected chi connectivity index (χ3v) is 8.09. The minimum absolute atomic E-state index is 0.226. The maximum Gasteiger partial charge on any atom is 0.250 e. The lowest BCUT2D eigenvalue weighted by atomic mass is 10.1. The molecular formula is C16H26OSi. The van der Waals surface area contributed by atoms with Crippen molar-refractivity contribution in [3.63, 3.8) is 0 Å². The van der Waals surface area contributed by atoms with Gasteiger partial charge in [-0.05, 0) is 43.1 Å². The minimum atomic E-state index is -1.76. The standard InChI is InChI=1S/C16H26OSi/c1-8-9-14-12-13(2)10-11-15(14)17-18(6,7)16(3,4)5/h8,10-12H,1,9H2,2-7H3. The third-order valence-electron chi connectivity index (χ3n) is 3.75. The summed E-state index contributed by atoms with van der Waals surface area (Å²) in [4.78, 5) is 0. The van der Waals surface area contributed by atoms with Crippen molar-refractivity contribution in [2.24, 2.45) is 0 Å². The molecule has 0 saturated heterocycles. The van der Waals surface area contributed by atoms with Crippen LogP contribution in [-0.4, -0.2) is 8.32 Å². The number of rotatable bonds is 4. The molecule has 0 atom stereocenters. The molecule has 0 aliphatic heterocycles. The van der Waals surface area contributed by atoms with Crippen LogP contribution in [0.3, 0.4) is 0 Å². The van der Waals surface area contributed by atoms with E-state index >= 15 is 0 Å². The molecule has 0 aromatic heterocycles. The van der Waals surface area contributed by atoms with Gasteiger partial charge < -0.3 is 4.43 Å². The number of hydrogen-bond acceptors (Lipinski definition) is 1. The van der Waals surface area contributed by atoms with Crippen LogP contribution in [0.4, 0.5) is 0 Å². The molecule has 18 heavy (non-hydrogen) atoms. The van der Waals surface area contributed by atoms with E-state index in [9.17, 15) is 0 Å². The molecule has 0 N–H and O–H groups in total. The predicted molar refractivity (Wildman–Crippen MR) is 82.9 cm³/mol. The van der Waals surface area contributed by atoms with Crippen LogP contribution in [0, 0.1) is 6.92 Å². The van der Waals surface area contributed by atoms with E-state index in [0.29, 0.717) is 0 Å². The lowest BCUT2D eigenvalue weighted by Gasteiger charge is -2.37. The molecule has 0 unspecified atom stereocenters. The zero-order valence-electron chi connectivity index (χ0n) is 12.6. The summed E-state index contributed by atoms with van der Waals surface area (Å²) in [5.41, 5.74) is 2.52. The molecule has 0 heterocycles. The SMILES string of the molecule is C=CCc1cc(C)ccc1O[Si](C)(C)C(C)(C)C. The van der Waals surface area contributed by atoms with Crippen LogP contribution in [0.1, 0.15) is 31.9 Å². The maximum atomic E-state index is 6.40. The second-order valence-corrected chi connectivity index (χ2v) is 11.2. The average Bonchev–Trinajstić information content (AvgIpc) is 2.20. The van der Waals surface area contributed by atoms with Gasteiger partial charge in [-0.25, -0.2) is 0 Å². The Morgan fingerprint density at radius 1 is 1.28 bits per heavy atom. The molecule has 0 radical (unpaired) electrons. The Balaban J connectivity index is 3.07. The van der Waals surface area contributed by atoms with Crippen LogP contribution < -0.4 is 4.43 Å². The van der Waals surface area contributed by atoms with E-state index in [4.69, 9.17) is 4.43 Å². The van der Waals surface area contributed by atoms with Crippen LogP contribution in [0.5, 0.6) is 5.75 Å². The molecule has 1 nitrogen and oxygen atoms in total. The molecule has 1 aromatic carbocycles. The maximum absolute atomic E-state index is 6.40. The van der Waals surface area contributed by atoms with Crippen molar-refractivity contribution in [2.75, 3.05) is 0 Å². The minimum Gasteiger partial charge on any atom is -0.543 e. The Morgan fingerprint density at radius 2 is 1.89 bits per heavy atom. The average molecular weight is 262 g/mol. The number of benzene rings is 1. The molecule has 100 valence electrons. The summed E-state index contributed by atoms with van der Waals surface area (Å²) in [5, 5.41) is 0.226. The van der Waals surface area contributed by atoms with Crippen molar-refractivity contribution >= 4 is 8.32 Å². The van der Waals surface area contributed by atoms with Crippen LogP contribution in [0.25, 0.3) is 0 Å². The summed E-state index contributed by atoms with van der Waals surface area (Å²) in [6.45, 7) is 17.3. The van der Waals surface area contributed by atoms with Crippen molar-refractivity contribution in [1.29, 1.82) is 0 Å². The van der Waals surface area contributed by atoms with Crippen molar-refractivity contribution < 1.29 is 4.43 Å². The molecule has 0 bridgehead atoms. The summed E-state index contributed by atoms with van der Waals surface area (Å²) >= 11 is 0. The molecule has 2 heteroatoms. The molecule has 1 aromatic rings. The van der Waals surface area contributed by atoms with Crippen LogP contribution >= 0.6 is 0 Å². The van der Waals surface area contributed by atoms with Crippen molar-refractivity contribution in [3.05, 3.63) is 42.0 Å². The van der Waals surface area contributed by atoms with Gasteiger partial charge in [-0.3, -0.25) is 0 Å². The van der Waals surface area contributed by atoms with Gasteiger partial charge in [-0.1, -0.05) is 44.5 Å². The normalized spacial score (nSPS) is 12.3. The van der Waals surface area contributed by atoms with Crippen LogP contribution in [-0.2, 0) is 6.42 Å². The second kappa shape index (κ2) is 5.31. The van der Waals surface area contributed by atoms with E-state index in [1.54, 1.807) is 0 Å². The van der Waals surface area contributed by atoms with E-state index in [0.717, 1.165) is 12.2 Å². The summed E-state index contributed by atoms with van der Waals surface area (Å²) in [6, 6.07) is 6.42. The highest BCUT2D eigenvalue weighted by atomic mass is 28.4. The van der Waals surface area contributed by atoms with Gasteiger partial charge in [0, 0.05) is 0 Å². The summed E-state index contributed by atoms with van der Waals surface area (Å²) < 4.78 is 6.40. The Labute approximate surface area is 113 Å². The largest absolute Gasteiger partial charge is 0.543 e. The van der Waals surface area contributed by atoms with E-state index < -0.39 is 8.32 Å². The zero-order valence-corrected chi connectivity index (χ0v) is 13.6. The predicted octanol–water partition coefficient (Wildman–Crippen LogP) is 5.11. The van der Waals surface area contributed by atoms with Gasteiger partial charge in [0.2, 0.25) is 8.32 Å². The first kappa shape index (κ1) is 15.0. The van der Waals surface area contributed by atoms with Crippen LogP contribution in [0.15, 0.2) is 30.9 Å². The van der Waals surface area contributed by atoms with Gasteiger partial charge in [-0.2, -0.15) is 0 Å². The van der Waals surface area contributed by atoms with E-state index in [1.807, 2.05) is 6.08 Å². The highest BCUT2D eigenvalue weighted by Gasteiger charge is 2.39. The highest BCUT2D eigenvalue weighted by Crippen LogP contribution is 2.38. The molecule has 0 saturated carbocycles. The first-order valence-electron chi connectivity index (χ1n) is 6.57. The first-order chi connectivity index (χ1) is 8.17. The molecule has 0 aliphatic carbocycles. The third kappa shape index (κ3) is 3.48. The van der Waals surface area contributed by atoms with Gasteiger partial charge in [0.25, 0.3) is 0 Å². The summed E-state index contributed by atoms with van der Waals surface area (Å²) in [5.74, 6) is 1.03. The van der Waals surface area contributed by atoms with E-state index in [1.165, 1.54) is 11.1 Å². The number of aryl methyl sites for hydroxylation is 1. The molecule has 0 fully saturated rings. The van der Waals surface area contributed by atoms with Crippen molar-refractivity contribution in [2.45, 2.75) is 52.2 Å². The van der Waals surface area contributed by atoms with Crippen molar-refractivity contribution in [3.8, 4) is 5.75 Å². The van der Waals surface area contributed by atoms with E-state index in [2.05, 4.69) is 65.6 Å². The summed E-state index contributed by atoms with van der Waals surface area (Å²) in [6.07, 6.45) is 2.80. The molecular weight excluding hydrogens is 236 g/mol. The zero-order chi connectivity index (χ0) is 14.0. The quantitative estimate of drug-likeness (QED) is 0.541. The van der Waals surface area contributed by atoms with Crippen LogP contribution in [0.2, 0.25) is 18.1 Å². The smallest absolute Gasteiger partial charge is 0.250 e. The lowest BCUT2D eigenvalue weighted by molar-refractivity contribution is 0.488. The Kier molecular flexibility index (Phi) is 4.44. The topological polar surface area (TPSA) is 9.23 Å². The fraction of sp³-hybridized carbons (Fsp3) is 0.500. The molecule has 0 spiro atoms. The van der Waals surface area contributed by atoms with Gasteiger partial charge in [-0.15, -0.1) is 6.58 Å². The lowest BCUT2D eigenvalue weighted by Crippen LogP contribution is -2.44. The Bertz CT molecular complexity index is 427. The van der Waals surface area contributed by atoms with Gasteiger partial charge in [0.05, 0.1) is 0 Å². The fourth-order valence-electron chi connectivity index (χ4n) is 1.55. The number of allylic oxidation sites excluding steroid dienone is 1. The number of hydrogen-bond donors (Lipinski definition) is 0. The first-order valence-corrected chi connectivity index (χ1v) is 9.47. The monoisotopic (exact) mass is 262 g/mol. The fourth-order valence-corrected chi connectivity index (χ4v) is 2.61. The highest BCUT2D eigenvalue weighted by molar-refractivity contribution is 6.74. The van der Waals surface area contributed by atoms with Crippen molar-refractivity contribution in [1.82, 2.24) is 0 Å². The van der Waals surface area contributed by atoms with Gasteiger partial charge >= 0.3 is 0 Å². The van der Waals surface area contributed by atoms with Gasteiger partial charge in [0.15, 0.2) is 0 Å². The Hall–Kier alpha value is -1.02. The second-order valence-electron chi connectivity index (χ2n) is 6.47. The summed E-state index contributed by atoms with van der Waals surface area (Å²) in [7, 11) is -1.76. The molecule has 1 rings (SSSR count). The van der Waals surface area contributed by atoms with E-state index in [-0.39, 0.29) is 5.04 Å².